The third-order valence-corrected chi connectivity index (χ3v) is 3.43. The molecule has 0 aliphatic carbocycles. The minimum absolute atomic E-state index is 0.798. The second-order valence-electron chi connectivity index (χ2n) is 3.63. The van der Waals surface area contributed by atoms with Crippen molar-refractivity contribution in [1.82, 2.24) is 10.3 Å². The fraction of sp³-hybridized carbons (Fsp3) is 0.273. The molecular formula is C11H12N4OS. The lowest BCUT2D eigenvalue weighted by atomic mass is 10.2. The summed E-state index contributed by atoms with van der Waals surface area (Å²) in [6.07, 6.45) is 0. The van der Waals surface area contributed by atoms with Gasteiger partial charge in [-0.25, -0.2) is 4.98 Å². The van der Waals surface area contributed by atoms with E-state index in [9.17, 15) is 0 Å². The summed E-state index contributed by atoms with van der Waals surface area (Å²) in [6.45, 7) is 1.70. The van der Waals surface area contributed by atoms with Gasteiger partial charge in [0.1, 0.15) is 0 Å². The molecule has 6 heteroatoms. The SMILES string of the molecule is COc1c(NC2=NCCN2)ccc2ncsc12. The number of benzene rings is 1. The quantitative estimate of drug-likeness (QED) is 0.849. The standard InChI is InChI=1S/C11H12N4OS/c1-16-9-7(15-11-12-4-5-13-11)2-3-8-10(9)17-6-14-8/h2-3,6H,4-5H2,1H3,(H2,12,13,15). The van der Waals surface area contributed by atoms with E-state index in [4.69, 9.17) is 4.74 Å². The van der Waals surface area contributed by atoms with Crippen molar-refractivity contribution in [3.63, 3.8) is 0 Å². The van der Waals surface area contributed by atoms with E-state index in [0.29, 0.717) is 0 Å². The highest BCUT2D eigenvalue weighted by Crippen LogP contribution is 2.35. The van der Waals surface area contributed by atoms with Crippen molar-refractivity contribution in [3.8, 4) is 5.75 Å². The van der Waals surface area contributed by atoms with Crippen molar-refractivity contribution in [2.24, 2.45) is 4.99 Å². The van der Waals surface area contributed by atoms with E-state index in [2.05, 4.69) is 20.6 Å². The summed E-state index contributed by atoms with van der Waals surface area (Å²) < 4.78 is 6.50. The maximum absolute atomic E-state index is 5.45. The fourth-order valence-electron chi connectivity index (χ4n) is 1.81. The Kier molecular flexibility index (Phi) is 2.56. The number of fused-ring (bicyclic) bond motifs is 1. The van der Waals surface area contributed by atoms with Crippen LogP contribution in [0.5, 0.6) is 5.75 Å². The van der Waals surface area contributed by atoms with Crippen LogP contribution in [0.25, 0.3) is 10.2 Å². The molecule has 88 valence electrons. The predicted molar refractivity (Wildman–Crippen MR) is 70.1 cm³/mol. The number of guanidine groups is 1. The Morgan fingerprint density at radius 1 is 1.47 bits per heavy atom. The summed E-state index contributed by atoms with van der Waals surface area (Å²) in [5.74, 6) is 1.62. The summed E-state index contributed by atoms with van der Waals surface area (Å²) in [5.41, 5.74) is 3.69. The summed E-state index contributed by atoms with van der Waals surface area (Å²) in [4.78, 5) is 8.57. The van der Waals surface area contributed by atoms with Crippen LogP contribution in [0.1, 0.15) is 0 Å². The van der Waals surface area contributed by atoms with E-state index < -0.39 is 0 Å². The first-order valence-electron chi connectivity index (χ1n) is 5.34. The van der Waals surface area contributed by atoms with Gasteiger partial charge in [0, 0.05) is 6.54 Å². The van der Waals surface area contributed by atoms with E-state index >= 15 is 0 Å². The van der Waals surface area contributed by atoms with Crippen LogP contribution >= 0.6 is 11.3 Å². The number of aliphatic imine (C=N–C) groups is 1. The number of thiazole rings is 1. The molecule has 0 amide bonds. The smallest absolute Gasteiger partial charge is 0.196 e. The highest BCUT2D eigenvalue weighted by atomic mass is 32.1. The number of hydrogen-bond donors (Lipinski definition) is 2. The zero-order chi connectivity index (χ0) is 11.7. The van der Waals surface area contributed by atoms with Gasteiger partial charge in [-0.15, -0.1) is 11.3 Å². The van der Waals surface area contributed by atoms with Gasteiger partial charge in [-0.1, -0.05) is 0 Å². The van der Waals surface area contributed by atoms with Crippen molar-refractivity contribution in [3.05, 3.63) is 17.6 Å². The van der Waals surface area contributed by atoms with Gasteiger partial charge in [-0.3, -0.25) is 4.99 Å². The molecule has 0 saturated carbocycles. The number of hydrogen-bond acceptors (Lipinski definition) is 6. The van der Waals surface area contributed by atoms with Gasteiger partial charge in [-0.05, 0) is 12.1 Å². The summed E-state index contributed by atoms with van der Waals surface area (Å²) in [6, 6.07) is 3.94. The van der Waals surface area contributed by atoms with Crippen LogP contribution in [0.15, 0.2) is 22.6 Å². The third kappa shape index (κ3) is 1.80. The minimum atomic E-state index is 0.798. The largest absolute Gasteiger partial charge is 0.493 e. The van der Waals surface area contributed by atoms with Crippen molar-refractivity contribution in [1.29, 1.82) is 0 Å². The van der Waals surface area contributed by atoms with Crippen LogP contribution in [0.3, 0.4) is 0 Å². The molecule has 0 bridgehead atoms. The second kappa shape index (κ2) is 4.21. The maximum atomic E-state index is 5.45. The minimum Gasteiger partial charge on any atom is -0.493 e. The molecule has 0 radical (unpaired) electrons. The summed E-state index contributed by atoms with van der Waals surface area (Å²) >= 11 is 1.57. The molecule has 0 fully saturated rings. The first kappa shape index (κ1) is 10.3. The Balaban J connectivity index is 2.02. The molecule has 0 spiro atoms. The fourth-order valence-corrected chi connectivity index (χ4v) is 2.63. The number of nitrogens with zero attached hydrogens (tertiary/aromatic N) is 2. The Morgan fingerprint density at radius 2 is 2.41 bits per heavy atom. The van der Waals surface area contributed by atoms with Crippen LogP contribution in [0.4, 0.5) is 5.69 Å². The van der Waals surface area contributed by atoms with E-state index in [-0.39, 0.29) is 0 Å². The Morgan fingerprint density at radius 3 is 3.18 bits per heavy atom. The van der Waals surface area contributed by atoms with Gasteiger partial charge in [0.2, 0.25) is 0 Å². The number of nitrogens with one attached hydrogen (secondary N) is 2. The summed E-state index contributed by atoms with van der Waals surface area (Å²) in [7, 11) is 1.67. The normalized spacial score (nSPS) is 14.5. The Labute approximate surface area is 103 Å². The molecule has 0 atom stereocenters. The van der Waals surface area contributed by atoms with Gasteiger partial charge >= 0.3 is 0 Å². The molecule has 1 aliphatic heterocycles. The van der Waals surface area contributed by atoms with Crippen LogP contribution in [0, 0.1) is 0 Å². The van der Waals surface area contributed by atoms with Crippen molar-refractivity contribution < 1.29 is 4.74 Å². The second-order valence-corrected chi connectivity index (χ2v) is 4.48. The van der Waals surface area contributed by atoms with E-state index in [1.807, 2.05) is 17.6 Å². The van der Waals surface area contributed by atoms with Crippen LogP contribution < -0.4 is 15.4 Å². The number of rotatable bonds is 2. The number of anilines is 1. The van der Waals surface area contributed by atoms with Crippen molar-refractivity contribution in [2.45, 2.75) is 0 Å². The first-order chi connectivity index (χ1) is 8.38. The molecular weight excluding hydrogens is 236 g/mol. The van der Waals surface area contributed by atoms with E-state index in [1.165, 1.54) is 0 Å². The Bertz CT molecular complexity index is 578. The zero-order valence-corrected chi connectivity index (χ0v) is 10.2. The van der Waals surface area contributed by atoms with Gasteiger partial charge in [0.25, 0.3) is 0 Å². The van der Waals surface area contributed by atoms with Crippen LogP contribution in [-0.2, 0) is 0 Å². The van der Waals surface area contributed by atoms with E-state index in [1.54, 1.807) is 18.4 Å². The van der Waals surface area contributed by atoms with Gasteiger partial charge in [0.05, 0.1) is 35.1 Å². The number of methoxy groups -OCH3 is 1. The topological polar surface area (TPSA) is 58.5 Å². The molecule has 0 unspecified atom stereocenters. The lowest BCUT2D eigenvalue weighted by molar-refractivity contribution is 0.422. The average molecular weight is 248 g/mol. The molecule has 5 nitrogen and oxygen atoms in total. The highest BCUT2D eigenvalue weighted by molar-refractivity contribution is 7.17. The molecule has 17 heavy (non-hydrogen) atoms. The highest BCUT2D eigenvalue weighted by Gasteiger charge is 2.13. The molecule has 2 heterocycles. The predicted octanol–water partition coefficient (Wildman–Crippen LogP) is 1.68. The van der Waals surface area contributed by atoms with E-state index in [0.717, 1.165) is 40.7 Å². The summed E-state index contributed by atoms with van der Waals surface area (Å²) in [5, 5.41) is 6.40. The van der Waals surface area contributed by atoms with Gasteiger partial charge in [0.15, 0.2) is 11.7 Å². The first-order valence-corrected chi connectivity index (χ1v) is 6.22. The van der Waals surface area contributed by atoms with Gasteiger partial charge < -0.3 is 15.4 Å². The number of aromatic nitrogens is 1. The van der Waals surface area contributed by atoms with Crippen molar-refractivity contribution in [2.75, 3.05) is 25.5 Å². The monoisotopic (exact) mass is 248 g/mol. The van der Waals surface area contributed by atoms with Gasteiger partial charge in [-0.2, -0.15) is 0 Å². The molecule has 3 rings (SSSR count). The molecule has 1 aromatic carbocycles. The van der Waals surface area contributed by atoms with Crippen molar-refractivity contribution >= 4 is 33.2 Å². The molecule has 2 N–H and O–H groups in total. The molecule has 1 aliphatic rings. The van der Waals surface area contributed by atoms with Crippen LogP contribution in [-0.4, -0.2) is 31.1 Å². The third-order valence-electron chi connectivity index (χ3n) is 2.59. The molecule has 1 aromatic heterocycles. The lowest BCUT2D eigenvalue weighted by Crippen LogP contribution is -2.26. The lowest BCUT2D eigenvalue weighted by Gasteiger charge is -2.11. The van der Waals surface area contributed by atoms with Crippen LogP contribution in [0.2, 0.25) is 0 Å². The number of ether oxygens (including phenoxy) is 1. The zero-order valence-electron chi connectivity index (χ0n) is 9.36. The molecule has 0 saturated heterocycles. The maximum Gasteiger partial charge on any atom is 0.196 e. The Hall–Kier alpha value is -1.82. The molecule has 2 aromatic rings. The average Bonchev–Trinajstić information content (AvgIpc) is 2.98.